The van der Waals surface area contributed by atoms with Crippen LogP contribution in [0.25, 0.3) is 11.3 Å². The molecule has 0 fully saturated rings. The number of rotatable bonds is 10. The molecule has 0 saturated carbocycles. The number of halogens is 1. The van der Waals surface area contributed by atoms with Crippen molar-refractivity contribution in [3.05, 3.63) is 53.4 Å². The number of benzene rings is 1. The first kappa shape index (κ1) is 20.8. The van der Waals surface area contributed by atoms with Crippen LogP contribution in [0.1, 0.15) is 57.4 Å². The third-order valence-corrected chi connectivity index (χ3v) is 6.22. The molecule has 1 atom stereocenters. The molecule has 0 amide bonds. The summed E-state index contributed by atoms with van der Waals surface area (Å²) in [6.07, 6.45) is 13.5. The Hall–Kier alpha value is -2.47. The first-order valence-electron chi connectivity index (χ1n) is 10.9. The third kappa shape index (κ3) is 5.17. The molecule has 1 aliphatic rings. The van der Waals surface area contributed by atoms with Gasteiger partial charge in [0.05, 0.1) is 0 Å². The molecule has 3 aromatic rings. The SMILES string of the molecule is CCCCCCCCC1Cc2ccc(Nc3nc(-c4cccnc4)c(F)s3)cc2O1. The van der Waals surface area contributed by atoms with E-state index in [0.717, 1.165) is 35.6 Å². The second-order valence-corrected chi connectivity index (χ2v) is 8.78. The summed E-state index contributed by atoms with van der Waals surface area (Å²) in [4.78, 5) is 8.45. The number of hydrogen-bond donors (Lipinski definition) is 1. The molecule has 0 bridgehead atoms. The zero-order chi connectivity index (χ0) is 20.8. The van der Waals surface area contributed by atoms with Gasteiger partial charge in [0.1, 0.15) is 17.5 Å². The molecule has 4 rings (SSSR count). The van der Waals surface area contributed by atoms with Crippen LogP contribution in [0, 0.1) is 5.13 Å². The van der Waals surface area contributed by atoms with Gasteiger partial charge in [-0.1, -0.05) is 56.4 Å². The Bertz CT molecular complexity index is 960. The molecule has 1 aromatic carbocycles. The number of fused-ring (bicyclic) bond motifs is 1. The van der Waals surface area contributed by atoms with Crippen LogP contribution in [0.5, 0.6) is 5.75 Å². The van der Waals surface area contributed by atoms with Gasteiger partial charge in [0.25, 0.3) is 0 Å². The zero-order valence-electron chi connectivity index (χ0n) is 17.4. The summed E-state index contributed by atoms with van der Waals surface area (Å²) in [5, 5.41) is 3.42. The molecule has 1 unspecified atom stereocenters. The summed E-state index contributed by atoms with van der Waals surface area (Å²) in [5.41, 5.74) is 3.11. The summed E-state index contributed by atoms with van der Waals surface area (Å²) < 4.78 is 20.5. The Morgan fingerprint density at radius 1 is 1.17 bits per heavy atom. The van der Waals surface area contributed by atoms with Crippen LogP contribution >= 0.6 is 11.3 Å². The highest BCUT2D eigenvalue weighted by Crippen LogP contribution is 2.36. The van der Waals surface area contributed by atoms with Crippen molar-refractivity contribution in [3.63, 3.8) is 0 Å². The monoisotopic (exact) mass is 425 g/mol. The van der Waals surface area contributed by atoms with Crippen molar-refractivity contribution in [1.82, 2.24) is 9.97 Å². The van der Waals surface area contributed by atoms with Gasteiger partial charge >= 0.3 is 0 Å². The molecule has 3 heterocycles. The van der Waals surface area contributed by atoms with Gasteiger partial charge in [0.15, 0.2) is 5.13 Å². The summed E-state index contributed by atoms with van der Waals surface area (Å²) >= 11 is 0.999. The summed E-state index contributed by atoms with van der Waals surface area (Å²) in [5.74, 6) is 0.931. The lowest BCUT2D eigenvalue weighted by Gasteiger charge is -2.10. The van der Waals surface area contributed by atoms with Crippen molar-refractivity contribution < 1.29 is 9.13 Å². The average molecular weight is 426 g/mol. The van der Waals surface area contributed by atoms with Gasteiger partial charge in [-0.15, -0.1) is 0 Å². The summed E-state index contributed by atoms with van der Waals surface area (Å²) in [6.45, 7) is 2.25. The molecular formula is C24H28FN3OS. The van der Waals surface area contributed by atoms with Crippen molar-refractivity contribution in [3.8, 4) is 17.0 Å². The molecule has 0 radical (unpaired) electrons. The van der Waals surface area contributed by atoms with Crippen molar-refractivity contribution in [2.45, 2.75) is 64.4 Å². The Kier molecular flexibility index (Phi) is 6.95. The van der Waals surface area contributed by atoms with Crippen LogP contribution in [0.15, 0.2) is 42.7 Å². The van der Waals surface area contributed by atoms with Crippen LogP contribution in [0.3, 0.4) is 0 Å². The minimum atomic E-state index is -0.318. The largest absolute Gasteiger partial charge is 0.490 e. The maximum Gasteiger partial charge on any atom is 0.206 e. The number of nitrogens with zero attached hydrogens (tertiary/aromatic N) is 2. The fourth-order valence-corrected chi connectivity index (χ4v) is 4.59. The molecular weight excluding hydrogens is 397 g/mol. The highest BCUT2D eigenvalue weighted by Gasteiger charge is 2.23. The minimum Gasteiger partial charge on any atom is -0.490 e. The Morgan fingerprint density at radius 2 is 2.03 bits per heavy atom. The Labute approximate surface area is 181 Å². The van der Waals surface area contributed by atoms with E-state index in [2.05, 4.69) is 28.3 Å². The molecule has 158 valence electrons. The van der Waals surface area contributed by atoms with E-state index < -0.39 is 0 Å². The Balaban J connectivity index is 1.33. The van der Waals surface area contributed by atoms with E-state index in [-0.39, 0.29) is 11.2 Å². The van der Waals surface area contributed by atoms with Gasteiger partial charge in [0, 0.05) is 36.1 Å². The van der Waals surface area contributed by atoms with Crippen LogP contribution in [-0.4, -0.2) is 16.1 Å². The minimum absolute atomic E-state index is 0.274. The number of unbranched alkanes of at least 4 members (excludes halogenated alkanes) is 5. The fourth-order valence-electron chi connectivity index (χ4n) is 3.85. The number of pyridine rings is 1. The summed E-state index contributed by atoms with van der Waals surface area (Å²) in [6, 6.07) is 9.70. The fraction of sp³-hybridized carbons (Fsp3) is 0.417. The molecule has 1 aliphatic heterocycles. The maximum atomic E-state index is 14.3. The van der Waals surface area contributed by atoms with E-state index in [9.17, 15) is 4.39 Å². The highest BCUT2D eigenvalue weighted by molar-refractivity contribution is 7.14. The first-order chi connectivity index (χ1) is 14.7. The maximum absolute atomic E-state index is 14.3. The molecule has 0 saturated heterocycles. The van der Waals surface area contributed by atoms with Crippen molar-refractivity contribution in [2.75, 3.05) is 5.32 Å². The number of anilines is 2. The number of nitrogens with one attached hydrogen (secondary N) is 1. The standard InChI is InChI=1S/C24H28FN3OS/c1-2-3-4-5-6-7-10-20-14-17-11-12-19(15-21(17)29-20)27-24-28-22(23(25)30-24)18-9-8-13-26-16-18/h8-9,11-13,15-16,20H,2-7,10,14H2,1H3,(H,27,28). The number of ether oxygens (including phenoxy) is 1. The van der Waals surface area contributed by atoms with Gasteiger partial charge in [-0.2, -0.15) is 4.39 Å². The van der Waals surface area contributed by atoms with Crippen LogP contribution < -0.4 is 10.1 Å². The lowest BCUT2D eigenvalue weighted by atomic mass is 10.0. The molecule has 2 aromatic heterocycles. The number of aromatic nitrogens is 2. The van der Waals surface area contributed by atoms with Gasteiger partial charge in [-0.3, -0.25) is 4.98 Å². The first-order valence-corrected chi connectivity index (χ1v) is 11.7. The van der Waals surface area contributed by atoms with Crippen LogP contribution in [0.4, 0.5) is 15.2 Å². The Morgan fingerprint density at radius 3 is 2.87 bits per heavy atom. The van der Waals surface area contributed by atoms with Crippen molar-refractivity contribution in [1.29, 1.82) is 0 Å². The van der Waals surface area contributed by atoms with E-state index in [0.29, 0.717) is 16.4 Å². The van der Waals surface area contributed by atoms with E-state index in [1.54, 1.807) is 18.5 Å². The van der Waals surface area contributed by atoms with E-state index >= 15 is 0 Å². The average Bonchev–Trinajstić information content (AvgIpc) is 3.33. The van der Waals surface area contributed by atoms with Gasteiger partial charge in [-0.05, 0) is 36.6 Å². The molecule has 1 N–H and O–H groups in total. The van der Waals surface area contributed by atoms with E-state index in [4.69, 9.17) is 4.74 Å². The van der Waals surface area contributed by atoms with E-state index in [1.807, 2.05) is 18.2 Å². The molecule has 4 nitrogen and oxygen atoms in total. The summed E-state index contributed by atoms with van der Waals surface area (Å²) in [7, 11) is 0. The predicted molar refractivity (Wildman–Crippen MR) is 121 cm³/mol. The topological polar surface area (TPSA) is 47.0 Å². The van der Waals surface area contributed by atoms with Crippen molar-refractivity contribution in [2.24, 2.45) is 0 Å². The second-order valence-electron chi connectivity index (χ2n) is 7.83. The normalized spacial score (nSPS) is 15.1. The van der Waals surface area contributed by atoms with Crippen LogP contribution in [0.2, 0.25) is 0 Å². The van der Waals surface area contributed by atoms with Gasteiger partial charge in [-0.25, -0.2) is 4.98 Å². The number of hydrogen-bond acceptors (Lipinski definition) is 5. The second kappa shape index (κ2) is 10.0. The quantitative estimate of drug-likeness (QED) is 0.351. The predicted octanol–water partition coefficient (Wildman–Crippen LogP) is 7.14. The molecule has 30 heavy (non-hydrogen) atoms. The zero-order valence-corrected chi connectivity index (χ0v) is 18.2. The van der Waals surface area contributed by atoms with Gasteiger partial charge in [0.2, 0.25) is 5.13 Å². The molecule has 0 spiro atoms. The van der Waals surface area contributed by atoms with Crippen molar-refractivity contribution >= 4 is 22.2 Å². The lowest BCUT2D eigenvalue weighted by molar-refractivity contribution is 0.216. The number of thiazole rings is 1. The molecule has 0 aliphatic carbocycles. The highest BCUT2D eigenvalue weighted by atomic mass is 32.1. The van der Waals surface area contributed by atoms with Gasteiger partial charge < -0.3 is 10.1 Å². The van der Waals surface area contributed by atoms with Crippen LogP contribution in [-0.2, 0) is 6.42 Å². The molecule has 6 heteroatoms. The van der Waals surface area contributed by atoms with E-state index in [1.165, 1.54) is 44.1 Å². The third-order valence-electron chi connectivity index (χ3n) is 5.46. The lowest BCUT2D eigenvalue weighted by Crippen LogP contribution is -2.12. The smallest absolute Gasteiger partial charge is 0.206 e.